The van der Waals surface area contributed by atoms with Crippen molar-refractivity contribution in [1.82, 2.24) is 15.0 Å². The molecule has 1 saturated heterocycles. The van der Waals surface area contributed by atoms with E-state index in [1.807, 2.05) is 24.3 Å². The van der Waals surface area contributed by atoms with E-state index in [1.54, 1.807) is 24.3 Å². The third kappa shape index (κ3) is 5.79. The first-order valence-electron chi connectivity index (χ1n) is 11.1. The van der Waals surface area contributed by atoms with Crippen LogP contribution < -0.4 is 0 Å². The highest BCUT2D eigenvalue weighted by atomic mass is 35.5. The monoisotopic (exact) mass is 546 g/mol. The zero-order valence-electron chi connectivity index (χ0n) is 19.2. The molecule has 2 aromatic carbocycles. The van der Waals surface area contributed by atoms with Crippen LogP contribution in [0.4, 0.5) is 5.69 Å². The molecule has 1 N–H and O–H groups in total. The number of benzene rings is 2. The van der Waals surface area contributed by atoms with Crippen LogP contribution in [0, 0.1) is 10.1 Å². The van der Waals surface area contributed by atoms with E-state index in [9.17, 15) is 24.5 Å². The van der Waals surface area contributed by atoms with Crippen LogP contribution in [0.3, 0.4) is 0 Å². The topological polar surface area (TPSA) is 147 Å². The summed E-state index contributed by atoms with van der Waals surface area (Å²) in [7, 11) is 0. The van der Waals surface area contributed by atoms with Crippen LogP contribution in [-0.4, -0.2) is 68.8 Å². The minimum atomic E-state index is -1.77. The predicted molar refractivity (Wildman–Crippen MR) is 132 cm³/mol. The Hall–Kier alpha value is -3.80. The van der Waals surface area contributed by atoms with E-state index in [2.05, 4.69) is 10.1 Å². The standard InChI is InChI=1S/C24H20Cl2N4O7/c25-16-5-1-14(2-6-16)21(15-3-7-17(26)8-4-15)28-9-11-29(12-10-28)23(32)20-22(30(35)36)19(37-27-20)13-18(31)24(33)34/h1-8,21H,9-13H2,(H,33,34). The van der Waals surface area contributed by atoms with Gasteiger partial charge in [-0.3, -0.25) is 24.6 Å². The van der Waals surface area contributed by atoms with Crippen molar-refractivity contribution in [2.75, 3.05) is 26.2 Å². The van der Waals surface area contributed by atoms with E-state index >= 15 is 0 Å². The van der Waals surface area contributed by atoms with Gasteiger partial charge in [-0.15, -0.1) is 0 Å². The fraction of sp³-hybridized carbons (Fsp3) is 0.250. The van der Waals surface area contributed by atoms with Crippen LogP contribution in [-0.2, 0) is 16.0 Å². The summed E-state index contributed by atoms with van der Waals surface area (Å²) in [5.74, 6) is -4.41. The van der Waals surface area contributed by atoms with Crippen molar-refractivity contribution in [2.45, 2.75) is 12.5 Å². The summed E-state index contributed by atoms with van der Waals surface area (Å²) in [5, 5.41) is 25.1. The molecule has 2 heterocycles. The summed E-state index contributed by atoms with van der Waals surface area (Å²) < 4.78 is 4.83. The summed E-state index contributed by atoms with van der Waals surface area (Å²) in [6.07, 6.45) is -0.885. The van der Waals surface area contributed by atoms with E-state index in [0.29, 0.717) is 23.1 Å². The zero-order chi connectivity index (χ0) is 26.7. The number of hydrogen-bond acceptors (Lipinski definition) is 8. The quantitative estimate of drug-likeness (QED) is 0.254. The number of Topliss-reactive ketones (excluding diaryl/α,β-unsaturated/α-hetero) is 1. The summed E-state index contributed by atoms with van der Waals surface area (Å²) >= 11 is 12.2. The van der Waals surface area contributed by atoms with Crippen molar-refractivity contribution in [3.8, 4) is 0 Å². The Kier molecular flexibility index (Phi) is 7.86. The second-order valence-corrected chi connectivity index (χ2v) is 9.17. The fourth-order valence-electron chi connectivity index (χ4n) is 4.22. The molecule has 1 amide bonds. The van der Waals surface area contributed by atoms with Gasteiger partial charge in [-0.2, -0.15) is 0 Å². The van der Waals surface area contributed by atoms with Gasteiger partial charge >= 0.3 is 11.7 Å². The van der Waals surface area contributed by atoms with E-state index in [-0.39, 0.29) is 19.1 Å². The summed E-state index contributed by atoms with van der Waals surface area (Å²) in [5.41, 5.74) is 0.610. The maximum Gasteiger partial charge on any atom is 0.372 e. The molecular weight excluding hydrogens is 527 g/mol. The zero-order valence-corrected chi connectivity index (χ0v) is 20.7. The number of piperazine rings is 1. The lowest BCUT2D eigenvalue weighted by molar-refractivity contribution is -0.386. The van der Waals surface area contributed by atoms with E-state index < -0.39 is 46.1 Å². The summed E-state index contributed by atoms with van der Waals surface area (Å²) in [6, 6.07) is 14.8. The number of carbonyl (C=O) groups is 3. The maximum absolute atomic E-state index is 13.1. The first kappa shape index (κ1) is 26.3. The van der Waals surface area contributed by atoms with Crippen molar-refractivity contribution in [3.05, 3.63) is 91.3 Å². The molecule has 0 atom stereocenters. The number of carboxylic acids is 1. The molecule has 0 saturated carbocycles. The number of aliphatic carboxylic acids is 1. The SMILES string of the molecule is O=C(O)C(=O)Cc1onc(C(=O)N2CCN(C(c3ccc(Cl)cc3)c3ccc(Cl)cc3)CC2)c1[N+](=O)[O-]. The van der Waals surface area contributed by atoms with Crippen molar-refractivity contribution in [1.29, 1.82) is 0 Å². The largest absolute Gasteiger partial charge is 0.475 e. The number of nitrogens with zero attached hydrogens (tertiary/aromatic N) is 4. The number of carboxylic acid groups (broad SMARTS) is 1. The van der Waals surface area contributed by atoms with Crippen LogP contribution >= 0.6 is 23.2 Å². The predicted octanol–water partition coefficient (Wildman–Crippen LogP) is 3.63. The summed E-state index contributed by atoms with van der Waals surface area (Å²) in [4.78, 5) is 49.7. The molecule has 0 spiro atoms. The smallest absolute Gasteiger partial charge is 0.372 e. The Morgan fingerprint density at radius 3 is 1.95 bits per heavy atom. The molecule has 3 aromatic rings. The molecule has 13 heteroatoms. The van der Waals surface area contributed by atoms with Gasteiger partial charge in [0, 0.05) is 36.2 Å². The Morgan fingerprint density at radius 2 is 1.49 bits per heavy atom. The molecule has 1 fully saturated rings. The third-order valence-electron chi connectivity index (χ3n) is 6.02. The molecule has 0 bridgehead atoms. The first-order valence-corrected chi connectivity index (χ1v) is 11.8. The highest BCUT2D eigenvalue weighted by molar-refractivity contribution is 6.33. The van der Waals surface area contributed by atoms with Gasteiger partial charge in [-0.25, -0.2) is 4.79 Å². The Labute approximate surface area is 220 Å². The van der Waals surface area contributed by atoms with Gasteiger partial charge in [0.2, 0.25) is 17.2 Å². The van der Waals surface area contributed by atoms with Crippen LogP contribution in [0.2, 0.25) is 10.0 Å². The molecule has 37 heavy (non-hydrogen) atoms. The van der Waals surface area contributed by atoms with Gasteiger partial charge in [0.05, 0.1) is 17.4 Å². The fourth-order valence-corrected chi connectivity index (χ4v) is 4.47. The van der Waals surface area contributed by atoms with Gasteiger partial charge in [-0.1, -0.05) is 52.6 Å². The van der Waals surface area contributed by atoms with Gasteiger partial charge in [0.1, 0.15) is 0 Å². The van der Waals surface area contributed by atoms with Crippen LogP contribution in [0.25, 0.3) is 0 Å². The molecule has 1 aliphatic heterocycles. The van der Waals surface area contributed by atoms with E-state index in [1.165, 1.54) is 4.90 Å². The number of nitro groups is 1. The second kappa shape index (κ2) is 11.1. The highest BCUT2D eigenvalue weighted by Gasteiger charge is 2.37. The number of amides is 1. The van der Waals surface area contributed by atoms with E-state index in [0.717, 1.165) is 11.1 Å². The van der Waals surface area contributed by atoms with Gasteiger partial charge in [0.15, 0.2) is 0 Å². The lowest BCUT2D eigenvalue weighted by atomic mass is 9.96. The summed E-state index contributed by atoms with van der Waals surface area (Å²) in [6.45, 7) is 1.36. The van der Waals surface area contributed by atoms with Gasteiger partial charge in [-0.05, 0) is 35.4 Å². The molecule has 11 nitrogen and oxygen atoms in total. The number of aromatic nitrogens is 1. The van der Waals surface area contributed by atoms with E-state index in [4.69, 9.17) is 32.8 Å². The number of hydrogen-bond donors (Lipinski definition) is 1. The molecule has 4 rings (SSSR count). The van der Waals surface area contributed by atoms with Gasteiger partial charge in [0.25, 0.3) is 5.91 Å². The first-order chi connectivity index (χ1) is 17.7. The number of rotatable bonds is 8. The van der Waals surface area contributed by atoms with Crippen molar-refractivity contribution in [2.24, 2.45) is 0 Å². The molecule has 1 aliphatic rings. The van der Waals surface area contributed by atoms with Crippen molar-refractivity contribution < 1.29 is 28.9 Å². The minimum absolute atomic E-state index is 0.151. The molecule has 1 aromatic heterocycles. The molecule has 0 unspecified atom stereocenters. The van der Waals surface area contributed by atoms with Gasteiger partial charge < -0.3 is 14.5 Å². The molecule has 0 aliphatic carbocycles. The number of carbonyl (C=O) groups excluding carboxylic acids is 2. The Balaban J connectivity index is 1.53. The van der Waals surface area contributed by atoms with Crippen molar-refractivity contribution in [3.63, 3.8) is 0 Å². The Morgan fingerprint density at radius 1 is 0.973 bits per heavy atom. The number of ketones is 1. The lowest BCUT2D eigenvalue weighted by Gasteiger charge is -2.39. The maximum atomic E-state index is 13.1. The van der Waals surface area contributed by atoms with Crippen LogP contribution in [0.15, 0.2) is 53.1 Å². The van der Waals surface area contributed by atoms with Crippen molar-refractivity contribution >= 4 is 46.5 Å². The lowest BCUT2D eigenvalue weighted by Crippen LogP contribution is -2.50. The molecular formula is C24H20Cl2N4O7. The third-order valence-corrected chi connectivity index (χ3v) is 6.52. The average molecular weight is 547 g/mol. The molecule has 0 radical (unpaired) electrons. The highest BCUT2D eigenvalue weighted by Crippen LogP contribution is 2.32. The average Bonchev–Trinajstić information content (AvgIpc) is 3.30. The Bertz CT molecular complexity index is 1290. The second-order valence-electron chi connectivity index (χ2n) is 8.30. The minimum Gasteiger partial charge on any atom is -0.475 e. The number of halogens is 2. The normalized spacial score (nSPS) is 14.1. The van der Waals surface area contributed by atoms with Crippen LogP contribution in [0.5, 0.6) is 0 Å². The van der Waals surface area contributed by atoms with Crippen LogP contribution in [0.1, 0.15) is 33.4 Å². The molecule has 192 valence electrons.